The largest absolute Gasteiger partial charge is 0.493 e. The molecule has 1 aromatic heterocycles. The zero-order valence-electron chi connectivity index (χ0n) is 14.3. The normalized spacial score (nSPS) is 10.7. The quantitative estimate of drug-likeness (QED) is 0.600. The first kappa shape index (κ1) is 18.6. The summed E-state index contributed by atoms with van der Waals surface area (Å²) in [6.07, 6.45) is 3.11. The molecule has 1 N–H and O–H groups in total. The monoisotopic (exact) mass is 352 g/mol. The van der Waals surface area contributed by atoms with Gasteiger partial charge in [0.15, 0.2) is 11.5 Å². The number of methoxy groups -OCH3 is 2. The van der Waals surface area contributed by atoms with E-state index in [0.717, 1.165) is 0 Å². The molecule has 2 rings (SSSR count). The molecule has 2 aromatic rings. The zero-order valence-corrected chi connectivity index (χ0v) is 14.3. The van der Waals surface area contributed by atoms with Crippen LogP contribution >= 0.6 is 0 Å². The highest BCUT2D eigenvalue weighted by Gasteiger charge is 2.15. The molecule has 0 bridgehead atoms. The van der Waals surface area contributed by atoms with Gasteiger partial charge in [-0.25, -0.2) is 4.79 Å². The average Bonchev–Trinajstić information content (AvgIpc) is 3.06. The second-order valence-corrected chi connectivity index (χ2v) is 5.15. The number of hydrogen-bond acceptors (Lipinski definition) is 6. The molecule has 8 nitrogen and oxygen atoms in total. The van der Waals surface area contributed by atoms with Gasteiger partial charge in [-0.15, -0.1) is 0 Å². The third-order valence-electron chi connectivity index (χ3n) is 3.55. The molecule has 0 aliphatic heterocycles. The van der Waals surface area contributed by atoms with Crippen LogP contribution in [0.1, 0.15) is 12.0 Å². The number of ether oxygens (including phenoxy) is 2. The van der Waals surface area contributed by atoms with Crippen molar-refractivity contribution < 1.29 is 19.4 Å². The first-order chi connectivity index (χ1) is 12.5. The van der Waals surface area contributed by atoms with Gasteiger partial charge in [-0.2, -0.15) is 15.6 Å². The Labute approximate surface area is 150 Å². The first-order valence-corrected chi connectivity index (χ1v) is 7.56. The molecule has 0 aliphatic rings. The molecular weight excluding hydrogens is 336 g/mol. The van der Waals surface area contributed by atoms with Crippen LogP contribution in [0.3, 0.4) is 0 Å². The minimum absolute atomic E-state index is 0.250. The fourth-order valence-electron chi connectivity index (χ4n) is 2.33. The molecule has 0 saturated heterocycles. The Balaban J connectivity index is 2.59. The molecule has 0 unspecified atom stereocenters. The summed E-state index contributed by atoms with van der Waals surface area (Å²) in [4.78, 5) is 11.1. The number of aromatic nitrogens is 2. The molecule has 0 radical (unpaired) electrons. The maximum atomic E-state index is 11.1. The van der Waals surface area contributed by atoms with Crippen molar-refractivity contribution in [3.8, 4) is 34.9 Å². The number of carboxylic acid groups (broad SMARTS) is 1. The van der Waals surface area contributed by atoms with Crippen molar-refractivity contribution >= 4 is 12.0 Å². The van der Waals surface area contributed by atoms with Crippen LogP contribution in [0.15, 0.2) is 30.0 Å². The SMILES string of the molecule is COc1ccc(-c2nn(CCC#N)cc2/C=C(/C#N)C(=O)O)cc1OC. The van der Waals surface area contributed by atoms with E-state index in [-0.39, 0.29) is 6.42 Å². The van der Waals surface area contributed by atoms with Crippen LogP contribution in [0.4, 0.5) is 0 Å². The van der Waals surface area contributed by atoms with E-state index in [4.69, 9.17) is 25.1 Å². The van der Waals surface area contributed by atoms with Crippen LogP contribution in [-0.2, 0) is 11.3 Å². The molecular formula is C18H16N4O4. The van der Waals surface area contributed by atoms with E-state index in [1.807, 2.05) is 6.07 Å². The Morgan fingerprint density at radius 3 is 2.62 bits per heavy atom. The Morgan fingerprint density at radius 2 is 2.04 bits per heavy atom. The van der Waals surface area contributed by atoms with Crippen LogP contribution in [0.25, 0.3) is 17.3 Å². The number of benzene rings is 1. The minimum Gasteiger partial charge on any atom is -0.493 e. The minimum atomic E-state index is -1.32. The highest BCUT2D eigenvalue weighted by atomic mass is 16.5. The van der Waals surface area contributed by atoms with E-state index >= 15 is 0 Å². The Hall–Kier alpha value is -3.78. The molecule has 1 heterocycles. The van der Waals surface area contributed by atoms with Gasteiger partial charge in [0.05, 0.1) is 38.9 Å². The summed E-state index contributed by atoms with van der Waals surface area (Å²) < 4.78 is 12.0. The van der Waals surface area contributed by atoms with Crippen LogP contribution in [-0.4, -0.2) is 35.1 Å². The third kappa shape index (κ3) is 4.00. The predicted octanol–water partition coefficient (Wildman–Crippen LogP) is 2.47. The Bertz CT molecular complexity index is 932. The van der Waals surface area contributed by atoms with Crippen LogP contribution in [0.5, 0.6) is 11.5 Å². The number of aliphatic carboxylic acids is 1. The topological polar surface area (TPSA) is 121 Å². The molecule has 26 heavy (non-hydrogen) atoms. The second kappa shape index (κ2) is 8.36. The van der Waals surface area contributed by atoms with Crippen LogP contribution in [0, 0.1) is 22.7 Å². The molecule has 0 amide bonds. The fourth-order valence-corrected chi connectivity index (χ4v) is 2.33. The third-order valence-corrected chi connectivity index (χ3v) is 3.55. The van der Waals surface area contributed by atoms with Crippen LogP contribution in [0.2, 0.25) is 0 Å². The summed E-state index contributed by atoms with van der Waals surface area (Å²) in [5.41, 5.74) is 1.17. The van der Waals surface area contributed by atoms with Gasteiger partial charge in [0.25, 0.3) is 0 Å². The first-order valence-electron chi connectivity index (χ1n) is 7.56. The van der Waals surface area contributed by atoms with Gasteiger partial charge in [0.2, 0.25) is 0 Å². The summed E-state index contributed by atoms with van der Waals surface area (Å²) in [5.74, 6) is -0.290. The highest BCUT2D eigenvalue weighted by Crippen LogP contribution is 2.33. The fraction of sp³-hybridized carbons (Fsp3) is 0.222. The second-order valence-electron chi connectivity index (χ2n) is 5.15. The molecule has 0 spiro atoms. The van der Waals surface area contributed by atoms with Crippen molar-refractivity contribution in [2.75, 3.05) is 14.2 Å². The molecule has 0 saturated carbocycles. The Kier molecular flexibility index (Phi) is 5.96. The summed E-state index contributed by atoms with van der Waals surface area (Å²) in [6.45, 7) is 0.347. The van der Waals surface area contributed by atoms with Crippen molar-refractivity contribution in [2.24, 2.45) is 0 Å². The lowest BCUT2D eigenvalue weighted by Gasteiger charge is -2.09. The van der Waals surface area contributed by atoms with Crippen molar-refractivity contribution in [3.05, 3.63) is 35.5 Å². The number of nitriles is 2. The van der Waals surface area contributed by atoms with Gasteiger partial charge < -0.3 is 14.6 Å². The number of carboxylic acids is 1. The molecule has 8 heteroatoms. The van der Waals surface area contributed by atoms with Crippen molar-refractivity contribution in [1.82, 2.24) is 9.78 Å². The number of rotatable bonds is 7. The van der Waals surface area contributed by atoms with E-state index in [1.165, 1.54) is 25.0 Å². The Morgan fingerprint density at radius 1 is 1.31 bits per heavy atom. The smallest absolute Gasteiger partial charge is 0.346 e. The van der Waals surface area contributed by atoms with E-state index in [0.29, 0.717) is 34.9 Å². The maximum absolute atomic E-state index is 11.1. The summed E-state index contributed by atoms with van der Waals surface area (Å²) in [5, 5.41) is 31.3. The van der Waals surface area contributed by atoms with E-state index in [2.05, 4.69) is 5.10 Å². The van der Waals surface area contributed by atoms with Crippen molar-refractivity contribution in [2.45, 2.75) is 13.0 Å². The zero-order chi connectivity index (χ0) is 19.1. The molecule has 0 fully saturated rings. The van der Waals surface area contributed by atoms with Gasteiger partial charge in [0, 0.05) is 17.3 Å². The van der Waals surface area contributed by atoms with E-state index < -0.39 is 11.5 Å². The lowest BCUT2D eigenvalue weighted by atomic mass is 10.1. The lowest BCUT2D eigenvalue weighted by molar-refractivity contribution is -0.132. The maximum Gasteiger partial charge on any atom is 0.346 e. The number of carbonyl (C=O) groups is 1. The van der Waals surface area contributed by atoms with Crippen LogP contribution < -0.4 is 9.47 Å². The van der Waals surface area contributed by atoms with Crippen molar-refractivity contribution in [3.63, 3.8) is 0 Å². The summed E-state index contributed by atoms with van der Waals surface area (Å²) >= 11 is 0. The number of nitrogens with zero attached hydrogens (tertiary/aromatic N) is 4. The number of aryl methyl sites for hydroxylation is 1. The number of hydrogen-bond donors (Lipinski definition) is 1. The van der Waals surface area contributed by atoms with Gasteiger partial charge >= 0.3 is 5.97 Å². The van der Waals surface area contributed by atoms with Gasteiger partial charge in [0.1, 0.15) is 11.6 Å². The lowest BCUT2D eigenvalue weighted by Crippen LogP contribution is -1.97. The van der Waals surface area contributed by atoms with Gasteiger partial charge in [-0.3, -0.25) is 4.68 Å². The molecule has 0 aliphatic carbocycles. The predicted molar refractivity (Wildman–Crippen MR) is 92.2 cm³/mol. The van der Waals surface area contributed by atoms with Crippen molar-refractivity contribution in [1.29, 1.82) is 10.5 Å². The highest BCUT2D eigenvalue weighted by molar-refractivity contribution is 5.97. The molecule has 0 atom stereocenters. The standard InChI is InChI=1S/C18H16N4O4/c1-25-15-5-4-12(9-16(15)26-2)17-14(8-13(10-20)18(23)24)11-22(21-17)7-3-6-19/h4-5,8-9,11H,3,7H2,1-2H3,(H,23,24)/b13-8-. The summed E-state index contributed by atoms with van der Waals surface area (Å²) in [6, 6.07) is 8.85. The van der Waals surface area contributed by atoms with E-state index in [9.17, 15) is 4.79 Å². The van der Waals surface area contributed by atoms with Gasteiger partial charge in [-0.05, 0) is 24.3 Å². The molecule has 1 aromatic carbocycles. The van der Waals surface area contributed by atoms with E-state index in [1.54, 1.807) is 30.5 Å². The summed E-state index contributed by atoms with van der Waals surface area (Å²) in [7, 11) is 3.03. The van der Waals surface area contributed by atoms with Gasteiger partial charge in [-0.1, -0.05) is 0 Å². The molecule has 132 valence electrons. The average molecular weight is 352 g/mol.